The normalized spacial score (nSPS) is 17.1. The van der Waals surface area contributed by atoms with Crippen molar-refractivity contribution in [3.05, 3.63) is 28.8 Å². The minimum Gasteiger partial charge on any atom is -0.466 e. The Balaban J connectivity index is 2.00. The zero-order chi connectivity index (χ0) is 20.7. The molecule has 1 aromatic carbocycles. The van der Waals surface area contributed by atoms with Gasteiger partial charge in [0, 0.05) is 18.8 Å². The fourth-order valence-electron chi connectivity index (χ4n) is 3.46. The molecule has 7 heteroatoms. The summed E-state index contributed by atoms with van der Waals surface area (Å²) in [6, 6.07) is 3.35. The number of ether oxygens (including phenoxy) is 1. The fourth-order valence-corrected chi connectivity index (χ4v) is 3.46. The molecule has 0 saturated carbocycles. The van der Waals surface area contributed by atoms with E-state index in [1.54, 1.807) is 4.90 Å². The van der Waals surface area contributed by atoms with E-state index in [2.05, 4.69) is 10.6 Å². The Bertz CT molecular complexity index is 709. The van der Waals surface area contributed by atoms with Gasteiger partial charge in [0.1, 0.15) is 6.04 Å². The third kappa shape index (κ3) is 6.05. The third-order valence-electron chi connectivity index (χ3n) is 4.85. The number of anilines is 1. The van der Waals surface area contributed by atoms with Gasteiger partial charge in [-0.15, -0.1) is 0 Å². The molecule has 7 nitrogen and oxygen atoms in total. The molecule has 1 saturated heterocycles. The maximum Gasteiger partial charge on any atom is 0.307 e. The topological polar surface area (TPSA) is 87.7 Å². The van der Waals surface area contributed by atoms with E-state index in [-0.39, 0.29) is 24.8 Å². The second kappa shape index (κ2) is 10.2. The molecule has 154 valence electrons. The van der Waals surface area contributed by atoms with Gasteiger partial charge in [0.2, 0.25) is 11.8 Å². The highest BCUT2D eigenvalue weighted by molar-refractivity contribution is 5.95. The van der Waals surface area contributed by atoms with E-state index in [9.17, 15) is 14.4 Å². The second-order valence-electron chi connectivity index (χ2n) is 7.38. The van der Waals surface area contributed by atoms with Gasteiger partial charge in [0.05, 0.1) is 19.6 Å². The largest absolute Gasteiger partial charge is 0.466 e. The molecular formula is C21H31N3O4. The van der Waals surface area contributed by atoms with Crippen LogP contribution in [-0.4, -0.2) is 55.0 Å². The first kappa shape index (κ1) is 21.9. The minimum atomic E-state index is -0.686. The van der Waals surface area contributed by atoms with Crippen LogP contribution >= 0.6 is 0 Å². The van der Waals surface area contributed by atoms with Gasteiger partial charge >= 0.3 is 5.97 Å². The molecule has 0 aromatic heterocycles. The Morgan fingerprint density at radius 1 is 1.25 bits per heavy atom. The molecule has 1 aliphatic heterocycles. The van der Waals surface area contributed by atoms with Gasteiger partial charge in [-0.3, -0.25) is 19.3 Å². The maximum atomic E-state index is 12.6. The first-order valence-electron chi connectivity index (χ1n) is 9.87. The molecule has 1 unspecified atom stereocenters. The Labute approximate surface area is 166 Å². The van der Waals surface area contributed by atoms with Crippen molar-refractivity contribution in [3.63, 3.8) is 0 Å². The number of nitrogens with one attached hydrogen (secondary N) is 2. The van der Waals surface area contributed by atoms with Crippen LogP contribution in [-0.2, 0) is 19.1 Å². The van der Waals surface area contributed by atoms with Crippen molar-refractivity contribution in [2.75, 3.05) is 31.6 Å². The number of piperazine rings is 1. The zero-order valence-electron chi connectivity index (χ0n) is 17.3. The number of carbonyl (C=O) groups is 3. The summed E-state index contributed by atoms with van der Waals surface area (Å²) in [4.78, 5) is 38.7. The predicted molar refractivity (Wildman–Crippen MR) is 108 cm³/mol. The van der Waals surface area contributed by atoms with Gasteiger partial charge in [-0.25, -0.2) is 0 Å². The molecule has 1 aromatic rings. The Hall–Kier alpha value is -2.41. The Kier molecular flexibility index (Phi) is 7.99. The van der Waals surface area contributed by atoms with E-state index in [0.717, 1.165) is 35.2 Å². The molecule has 2 N–H and O–H groups in total. The van der Waals surface area contributed by atoms with Gasteiger partial charge < -0.3 is 15.4 Å². The smallest absolute Gasteiger partial charge is 0.307 e. The van der Waals surface area contributed by atoms with Crippen molar-refractivity contribution >= 4 is 23.5 Å². The summed E-state index contributed by atoms with van der Waals surface area (Å²) in [6.45, 7) is 9.32. The highest BCUT2D eigenvalue weighted by Gasteiger charge is 2.33. The second-order valence-corrected chi connectivity index (χ2v) is 7.38. The van der Waals surface area contributed by atoms with Crippen LogP contribution in [0.4, 0.5) is 5.69 Å². The number of amides is 2. The maximum absolute atomic E-state index is 12.6. The number of benzene rings is 1. The van der Waals surface area contributed by atoms with E-state index >= 15 is 0 Å². The average Bonchev–Trinajstić information content (AvgIpc) is 2.61. The van der Waals surface area contributed by atoms with Gasteiger partial charge in [-0.1, -0.05) is 31.0 Å². The van der Waals surface area contributed by atoms with Crippen LogP contribution in [0, 0.1) is 20.8 Å². The van der Waals surface area contributed by atoms with Crippen molar-refractivity contribution in [3.8, 4) is 0 Å². The van der Waals surface area contributed by atoms with E-state index in [1.807, 2.05) is 39.8 Å². The van der Waals surface area contributed by atoms with Crippen LogP contribution in [0.1, 0.15) is 42.9 Å². The summed E-state index contributed by atoms with van der Waals surface area (Å²) in [7, 11) is 0. The molecule has 2 rings (SSSR count). The number of carbonyl (C=O) groups excluding carboxylic acids is 3. The molecule has 0 spiro atoms. The molecule has 1 fully saturated rings. The molecule has 1 aliphatic rings. The fraction of sp³-hybridized carbons (Fsp3) is 0.571. The quantitative estimate of drug-likeness (QED) is 0.525. The number of hydrogen-bond acceptors (Lipinski definition) is 5. The molecule has 1 heterocycles. The van der Waals surface area contributed by atoms with Crippen LogP contribution in [0.25, 0.3) is 0 Å². The van der Waals surface area contributed by atoms with E-state index in [1.165, 1.54) is 0 Å². The van der Waals surface area contributed by atoms with Crippen molar-refractivity contribution in [2.24, 2.45) is 0 Å². The lowest BCUT2D eigenvalue weighted by Gasteiger charge is -2.34. The summed E-state index contributed by atoms with van der Waals surface area (Å²) in [5, 5.41) is 5.72. The van der Waals surface area contributed by atoms with Crippen molar-refractivity contribution in [1.29, 1.82) is 0 Å². The summed E-state index contributed by atoms with van der Waals surface area (Å²) in [5.41, 5.74) is 3.94. The zero-order valence-corrected chi connectivity index (χ0v) is 17.3. The van der Waals surface area contributed by atoms with Crippen molar-refractivity contribution in [2.45, 2.75) is 53.0 Å². The van der Waals surface area contributed by atoms with E-state index in [4.69, 9.17) is 4.74 Å². The first-order valence-corrected chi connectivity index (χ1v) is 9.87. The van der Waals surface area contributed by atoms with Crippen LogP contribution in [0.5, 0.6) is 0 Å². The molecule has 2 amide bonds. The summed E-state index contributed by atoms with van der Waals surface area (Å²) >= 11 is 0. The number of esters is 1. The number of aryl methyl sites for hydroxylation is 3. The van der Waals surface area contributed by atoms with Gasteiger partial charge in [-0.2, -0.15) is 0 Å². The molecular weight excluding hydrogens is 358 g/mol. The monoisotopic (exact) mass is 389 g/mol. The predicted octanol–water partition coefficient (Wildman–Crippen LogP) is 2.08. The molecule has 0 radical (unpaired) electrons. The molecule has 0 bridgehead atoms. The summed E-state index contributed by atoms with van der Waals surface area (Å²) in [6.07, 6.45) is 1.68. The van der Waals surface area contributed by atoms with E-state index in [0.29, 0.717) is 19.7 Å². The van der Waals surface area contributed by atoms with Gasteiger partial charge in [0.15, 0.2) is 0 Å². The van der Waals surface area contributed by atoms with Crippen molar-refractivity contribution in [1.82, 2.24) is 10.2 Å². The van der Waals surface area contributed by atoms with Crippen LogP contribution in [0.3, 0.4) is 0 Å². The van der Waals surface area contributed by atoms with Crippen LogP contribution in [0.2, 0.25) is 0 Å². The number of nitrogens with zero attached hydrogens (tertiary/aromatic N) is 1. The summed E-state index contributed by atoms with van der Waals surface area (Å²) < 4.78 is 5.18. The molecule has 0 aliphatic carbocycles. The molecule has 1 atom stereocenters. The summed E-state index contributed by atoms with van der Waals surface area (Å²) in [5.74, 6) is -0.852. The van der Waals surface area contributed by atoms with Gasteiger partial charge in [-0.05, 0) is 38.3 Å². The van der Waals surface area contributed by atoms with Crippen LogP contribution in [0.15, 0.2) is 12.1 Å². The lowest BCUT2D eigenvalue weighted by Crippen LogP contribution is -2.57. The number of unbranched alkanes of at least 4 members (excludes halogenated alkanes) is 1. The van der Waals surface area contributed by atoms with Gasteiger partial charge in [0.25, 0.3) is 0 Å². The molecule has 28 heavy (non-hydrogen) atoms. The van der Waals surface area contributed by atoms with E-state index < -0.39 is 12.0 Å². The number of rotatable bonds is 8. The highest BCUT2D eigenvalue weighted by Crippen LogP contribution is 2.22. The Morgan fingerprint density at radius 2 is 1.93 bits per heavy atom. The number of hydrogen-bond donors (Lipinski definition) is 2. The standard InChI is InChI=1S/C21H31N3O4/c1-5-6-9-28-19(26)12-17-21(27)22-7-8-24(17)13-18(25)23-20-15(3)10-14(2)11-16(20)4/h10-11,17H,5-9,12-13H2,1-4H3,(H,22,27)(H,23,25). The Morgan fingerprint density at radius 3 is 2.57 bits per heavy atom. The highest BCUT2D eigenvalue weighted by atomic mass is 16.5. The SMILES string of the molecule is CCCCOC(=O)CC1C(=O)NCCN1CC(=O)Nc1c(C)cc(C)cc1C. The first-order chi connectivity index (χ1) is 13.3. The minimum absolute atomic E-state index is 0.0487. The third-order valence-corrected chi connectivity index (χ3v) is 4.85. The average molecular weight is 389 g/mol. The van der Waals surface area contributed by atoms with Crippen molar-refractivity contribution < 1.29 is 19.1 Å². The lowest BCUT2D eigenvalue weighted by atomic mass is 10.0. The van der Waals surface area contributed by atoms with Crippen LogP contribution < -0.4 is 10.6 Å². The lowest BCUT2D eigenvalue weighted by molar-refractivity contribution is -0.149.